The lowest BCUT2D eigenvalue weighted by molar-refractivity contribution is 0.0271. The van der Waals surface area contributed by atoms with Gasteiger partial charge in [-0.3, -0.25) is 4.90 Å². The molecule has 1 aliphatic heterocycles. The Balaban J connectivity index is 1.67. The first-order valence-corrected chi connectivity index (χ1v) is 6.36. The van der Waals surface area contributed by atoms with Crippen LogP contribution in [0.2, 0.25) is 0 Å². The number of rotatable bonds is 3. The van der Waals surface area contributed by atoms with Crippen LogP contribution in [0, 0.1) is 5.92 Å². The molecular weight excluding hydrogens is 188 g/mol. The number of nitrogens with one attached hydrogen (secondary N) is 1. The summed E-state index contributed by atoms with van der Waals surface area (Å²) in [5.41, 5.74) is 0. The van der Waals surface area contributed by atoms with E-state index in [0.29, 0.717) is 0 Å². The maximum atomic E-state index is 5.37. The molecule has 2 aliphatic rings. The molecule has 1 saturated carbocycles. The van der Waals surface area contributed by atoms with E-state index < -0.39 is 0 Å². The third-order valence-electron chi connectivity index (χ3n) is 3.88. The van der Waals surface area contributed by atoms with Crippen molar-refractivity contribution >= 4 is 0 Å². The molecule has 2 fully saturated rings. The van der Waals surface area contributed by atoms with Crippen LogP contribution in [0.4, 0.5) is 0 Å². The lowest BCUT2D eigenvalue weighted by atomic mass is 9.86. The third-order valence-corrected chi connectivity index (χ3v) is 3.88. The van der Waals surface area contributed by atoms with Crippen molar-refractivity contribution in [3.8, 4) is 0 Å². The fourth-order valence-electron chi connectivity index (χ4n) is 2.78. The van der Waals surface area contributed by atoms with Gasteiger partial charge in [-0.15, -0.1) is 0 Å². The van der Waals surface area contributed by atoms with Crippen molar-refractivity contribution in [3.63, 3.8) is 0 Å². The van der Waals surface area contributed by atoms with Gasteiger partial charge in [-0.2, -0.15) is 0 Å². The van der Waals surface area contributed by atoms with Crippen LogP contribution >= 0.6 is 0 Å². The Morgan fingerprint density at radius 3 is 2.40 bits per heavy atom. The van der Waals surface area contributed by atoms with Gasteiger partial charge >= 0.3 is 0 Å². The summed E-state index contributed by atoms with van der Waals surface area (Å²) in [6.45, 7) is 5.47. The number of morpholine rings is 1. The van der Waals surface area contributed by atoms with Gasteiger partial charge in [-0.05, 0) is 38.6 Å². The highest BCUT2D eigenvalue weighted by Gasteiger charge is 2.22. The summed E-state index contributed by atoms with van der Waals surface area (Å²) in [7, 11) is 2.09. The fraction of sp³-hybridized carbons (Fsp3) is 1.00. The number of ether oxygens (including phenoxy) is 1. The molecule has 0 aromatic rings. The van der Waals surface area contributed by atoms with Gasteiger partial charge < -0.3 is 10.1 Å². The van der Waals surface area contributed by atoms with Crippen LogP contribution in [-0.4, -0.2) is 50.8 Å². The second kappa shape index (κ2) is 5.83. The Kier molecular flexibility index (Phi) is 4.42. The topological polar surface area (TPSA) is 24.5 Å². The van der Waals surface area contributed by atoms with Crippen LogP contribution in [0.25, 0.3) is 0 Å². The molecule has 0 atom stereocenters. The van der Waals surface area contributed by atoms with Crippen LogP contribution in [-0.2, 0) is 4.74 Å². The van der Waals surface area contributed by atoms with Crippen LogP contribution in [0.1, 0.15) is 25.7 Å². The summed E-state index contributed by atoms with van der Waals surface area (Å²) < 4.78 is 5.37. The Hall–Kier alpha value is -0.120. The minimum Gasteiger partial charge on any atom is -0.379 e. The first-order chi connectivity index (χ1) is 7.38. The zero-order valence-corrected chi connectivity index (χ0v) is 9.87. The molecule has 2 rings (SSSR count). The van der Waals surface area contributed by atoms with E-state index in [2.05, 4.69) is 17.3 Å². The normalized spacial score (nSPS) is 34.2. The van der Waals surface area contributed by atoms with Gasteiger partial charge in [0.1, 0.15) is 0 Å². The molecule has 0 spiro atoms. The zero-order chi connectivity index (χ0) is 10.5. The van der Waals surface area contributed by atoms with Crippen LogP contribution in [0.15, 0.2) is 0 Å². The highest BCUT2D eigenvalue weighted by molar-refractivity contribution is 4.78. The predicted octanol–water partition coefficient (Wildman–Crippen LogP) is 1.10. The van der Waals surface area contributed by atoms with Crippen LogP contribution in [0.3, 0.4) is 0 Å². The molecule has 0 aromatic carbocycles. The number of hydrogen-bond donors (Lipinski definition) is 1. The molecule has 0 aromatic heterocycles. The van der Waals surface area contributed by atoms with Crippen molar-refractivity contribution in [1.29, 1.82) is 0 Å². The molecular formula is C12H24N2O. The first-order valence-electron chi connectivity index (χ1n) is 6.36. The van der Waals surface area contributed by atoms with E-state index in [4.69, 9.17) is 4.74 Å². The Morgan fingerprint density at radius 2 is 1.80 bits per heavy atom. The van der Waals surface area contributed by atoms with Crippen LogP contribution in [0.5, 0.6) is 0 Å². The summed E-state index contributed by atoms with van der Waals surface area (Å²) in [6.07, 6.45) is 5.54. The standard InChI is InChI=1S/C12H24N2O/c1-13-12-4-2-11(3-5-12)10-14-6-8-15-9-7-14/h11-13H,2-10H2,1H3/t11-,12-. The summed E-state index contributed by atoms with van der Waals surface area (Å²) in [6, 6.07) is 0.783. The largest absolute Gasteiger partial charge is 0.379 e. The minimum atomic E-state index is 0.783. The maximum absolute atomic E-state index is 5.37. The van der Waals surface area contributed by atoms with Crippen molar-refractivity contribution in [3.05, 3.63) is 0 Å². The average molecular weight is 212 g/mol. The second-order valence-electron chi connectivity index (χ2n) is 4.92. The van der Waals surface area contributed by atoms with Gasteiger partial charge in [0.05, 0.1) is 13.2 Å². The lowest BCUT2D eigenvalue weighted by Gasteiger charge is -2.34. The Morgan fingerprint density at radius 1 is 1.13 bits per heavy atom. The van der Waals surface area contributed by atoms with E-state index in [-0.39, 0.29) is 0 Å². The molecule has 15 heavy (non-hydrogen) atoms. The molecule has 0 amide bonds. The van der Waals surface area contributed by atoms with Crippen molar-refractivity contribution in [2.24, 2.45) is 5.92 Å². The van der Waals surface area contributed by atoms with E-state index >= 15 is 0 Å². The van der Waals surface area contributed by atoms with E-state index in [1.165, 1.54) is 32.2 Å². The third kappa shape index (κ3) is 3.44. The van der Waals surface area contributed by atoms with Gasteiger partial charge in [0.25, 0.3) is 0 Å². The smallest absolute Gasteiger partial charge is 0.0594 e. The van der Waals surface area contributed by atoms with Gasteiger partial charge in [0.2, 0.25) is 0 Å². The molecule has 1 aliphatic carbocycles. The van der Waals surface area contributed by atoms with Crippen LogP contribution < -0.4 is 5.32 Å². The highest BCUT2D eigenvalue weighted by Crippen LogP contribution is 2.25. The van der Waals surface area contributed by atoms with Gasteiger partial charge in [-0.1, -0.05) is 0 Å². The number of nitrogens with zero attached hydrogens (tertiary/aromatic N) is 1. The zero-order valence-electron chi connectivity index (χ0n) is 9.87. The molecule has 1 heterocycles. The second-order valence-corrected chi connectivity index (χ2v) is 4.92. The van der Waals surface area contributed by atoms with Crippen molar-refractivity contribution in [2.45, 2.75) is 31.7 Å². The molecule has 3 nitrogen and oxygen atoms in total. The predicted molar refractivity (Wildman–Crippen MR) is 62.1 cm³/mol. The SMILES string of the molecule is CN[C@H]1CC[C@H](CN2CCOCC2)CC1. The average Bonchev–Trinajstić information content (AvgIpc) is 2.31. The maximum Gasteiger partial charge on any atom is 0.0594 e. The monoisotopic (exact) mass is 212 g/mol. The van der Waals surface area contributed by atoms with Crippen molar-refractivity contribution in [1.82, 2.24) is 10.2 Å². The Bertz CT molecular complexity index is 172. The summed E-state index contributed by atoms with van der Waals surface area (Å²) in [5.74, 6) is 0.938. The van der Waals surface area contributed by atoms with E-state index in [1.807, 2.05) is 0 Å². The van der Waals surface area contributed by atoms with E-state index in [1.54, 1.807) is 0 Å². The highest BCUT2D eigenvalue weighted by atomic mass is 16.5. The van der Waals surface area contributed by atoms with Gasteiger partial charge in [0.15, 0.2) is 0 Å². The lowest BCUT2D eigenvalue weighted by Crippen LogP contribution is -2.41. The molecule has 0 bridgehead atoms. The first kappa shape index (κ1) is 11.4. The van der Waals surface area contributed by atoms with E-state index in [9.17, 15) is 0 Å². The van der Waals surface area contributed by atoms with Crippen molar-refractivity contribution < 1.29 is 4.74 Å². The summed E-state index contributed by atoms with van der Waals surface area (Å²) in [5, 5.41) is 3.39. The van der Waals surface area contributed by atoms with Gasteiger partial charge in [0, 0.05) is 25.7 Å². The number of hydrogen-bond acceptors (Lipinski definition) is 3. The molecule has 1 saturated heterocycles. The minimum absolute atomic E-state index is 0.783. The van der Waals surface area contributed by atoms with Gasteiger partial charge in [-0.25, -0.2) is 0 Å². The molecule has 3 heteroatoms. The molecule has 0 unspecified atom stereocenters. The quantitative estimate of drug-likeness (QED) is 0.758. The Labute approximate surface area is 93.2 Å². The van der Waals surface area contributed by atoms with Crippen molar-refractivity contribution in [2.75, 3.05) is 39.9 Å². The summed E-state index contributed by atoms with van der Waals surface area (Å²) in [4.78, 5) is 2.58. The molecule has 1 N–H and O–H groups in total. The van der Waals surface area contributed by atoms with E-state index in [0.717, 1.165) is 38.3 Å². The molecule has 88 valence electrons. The molecule has 0 radical (unpaired) electrons. The fourth-order valence-corrected chi connectivity index (χ4v) is 2.78. The summed E-state index contributed by atoms with van der Waals surface area (Å²) >= 11 is 0.